The van der Waals surface area contributed by atoms with Crippen molar-refractivity contribution in [2.45, 2.75) is 12.5 Å². The van der Waals surface area contributed by atoms with Crippen LogP contribution in [0.5, 0.6) is 5.75 Å². The Morgan fingerprint density at radius 1 is 1.17 bits per heavy atom. The zero-order valence-electron chi connectivity index (χ0n) is 12.8. The SMILES string of the molecule is CNCC[C@H](Oc1cc(F)cc2ccsc12)c1ccccc1.Cl. The van der Waals surface area contributed by atoms with E-state index in [0.717, 1.165) is 28.6 Å². The van der Waals surface area contributed by atoms with Gasteiger partial charge in [-0.05, 0) is 42.1 Å². The molecule has 0 aliphatic carbocycles. The van der Waals surface area contributed by atoms with E-state index in [1.54, 1.807) is 17.4 Å². The minimum absolute atomic E-state index is 0. The molecule has 3 rings (SSSR count). The van der Waals surface area contributed by atoms with E-state index in [9.17, 15) is 4.39 Å². The zero-order chi connectivity index (χ0) is 15.4. The second-order valence-corrected chi connectivity index (χ2v) is 6.07. The third-order valence-electron chi connectivity index (χ3n) is 3.58. The van der Waals surface area contributed by atoms with Gasteiger partial charge in [0, 0.05) is 12.5 Å². The minimum Gasteiger partial charge on any atom is -0.484 e. The van der Waals surface area contributed by atoms with E-state index in [2.05, 4.69) is 5.32 Å². The van der Waals surface area contributed by atoms with Gasteiger partial charge in [0.25, 0.3) is 0 Å². The van der Waals surface area contributed by atoms with Gasteiger partial charge in [-0.2, -0.15) is 0 Å². The first-order chi connectivity index (χ1) is 10.8. The van der Waals surface area contributed by atoms with Gasteiger partial charge >= 0.3 is 0 Å². The van der Waals surface area contributed by atoms with E-state index in [1.807, 2.05) is 48.8 Å². The molecule has 0 aliphatic rings. The van der Waals surface area contributed by atoms with Gasteiger partial charge in [0.05, 0.1) is 4.70 Å². The summed E-state index contributed by atoms with van der Waals surface area (Å²) in [7, 11) is 1.92. The van der Waals surface area contributed by atoms with Crippen LogP contribution >= 0.6 is 23.7 Å². The molecule has 1 aromatic heterocycles. The van der Waals surface area contributed by atoms with Gasteiger partial charge in [0.1, 0.15) is 17.7 Å². The topological polar surface area (TPSA) is 21.3 Å². The smallest absolute Gasteiger partial charge is 0.140 e. The summed E-state index contributed by atoms with van der Waals surface area (Å²) in [4.78, 5) is 0. The highest BCUT2D eigenvalue weighted by atomic mass is 35.5. The number of nitrogens with one attached hydrogen (secondary N) is 1. The molecule has 0 fully saturated rings. The maximum atomic E-state index is 13.8. The van der Waals surface area contributed by atoms with Gasteiger partial charge in [-0.15, -0.1) is 23.7 Å². The molecule has 0 amide bonds. The fourth-order valence-corrected chi connectivity index (χ4v) is 3.33. The molecule has 0 saturated heterocycles. The van der Waals surface area contributed by atoms with Crippen LogP contribution in [0.15, 0.2) is 53.9 Å². The van der Waals surface area contributed by atoms with E-state index in [-0.39, 0.29) is 24.3 Å². The zero-order valence-corrected chi connectivity index (χ0v) is 14.4. The maximum Gasteiger partial charge on any atom is 0.140 e. The van der Waals surface area contributed by atoms with Crippen LogP contribution in [0.3, 0.4) is 0 Å². The lowest BCUT2D eigenvalue weighted by atomic mass is 10.1. The fourth-order valence-electron chi connectivity index (χ4n) is 2.49. The Hall–Kier alpha value is -1.62. The van der Waals surface area contributed by atoms with Gasteiger partial charge in [-0.1, -0.05) is 30.3 Å². The number of halogens is 2. The molecule has 23 heavy (non-hydrogen) atoms. The summed E-state index contributed by atoms with van der Waals surface area (Å²) in [5.74, 6) is 0.358. The van der Waals surface area contributed by atoms with Crippen LogP contribution in [0.4, 0.5) is 4.39 Å². The van der Waals surface area contributed by atoms with Crippen molar-refractivity contribution < 1.29 is 9.13 Å². The van der Waals surface area contributed by atoms with E-state index < -0.39 is 0 Å². The number of rotatable bonds is 6. The lowest BCUT2D eigenvalue weighted by Crippen LogP contribution is -2.16. The van der Waals surface area contributed by atoms with Crippen LogP contribution in [-0.2, 0) is 0 Å². The molecule has 1 atom stereocenters. The van der Waals surface area contributed by atoms with Crippen molar-refractivity contribution in [3.05, 3.63) is 65.3 Å². The Labute approximate surface area is 145 Å². The molecule has 5 heteroatoms. The molecule has 0 radical (unpaired) electrons. The van der Waals surface area contributed by atoms with Crippen LogP contribution in [0, 0.1) is 5.82 Å². The van der Waals surface area contributed by atoms with Crippen molar-refractivity contribution in [2.24, 2.45) is 0 Å². The fraction of sp³-hybridized carbons (Fsp3) is 0.222. The molecule has 1 N–H and O–H groups in total. The van der Waals surface area contributed by atoms with Crippen molar-refractivity contribution in [1.82, 2.24) is 5.32 Å². The van der Waals surface area contributed by atoms with E-state index in [4.69, 9.17) is 4.74 Å². The number of ether oxygens (including phenoxy) is 1. The summed E-state index contributed by atoms with van der Waals surface area (Å²) in [5, 5.41) is 6.00. The van der Waals surface area contributed by atoms with E-state index in [0.29, 0.717) is 5.75 Å². The largest absolute Gasteiger partial charge is 0.484 e. The Bertz CT molecular complexity index is 747. The van der Waals surface area contributed by atoms with E-state index >= 15 is 0 Å². The van der Waals surface area contributed by atoms with Gasteiger partial charge < -0.3 is 10.1 Å². The third-order valence-corrected chi connectivity index (χ3v) is 4.52. The maximum absolute atomic E-state index is 13.8. The van der Waals surface area contributed by atoms with E-state index in [1.165, 1.54) is 6.07 Å². The summed E-state index contributed by atoms with van der Waals surface area (Å²) in [6.45, 7) is 0.836. The first-order valence-corrected chi connectivity index (χ1v) is 8.19. The summed E-state index contributed by atoms with van der Waals surface area (Å²) < 4.78 is 21.0. The summed E-state index contributed by atoms with van der Waals surface area (Å²) in [5.41, 5.74) is 1.10. The lowest BCUT2D eigenvalue weighted by Gasteiger charge is -2.20. The van der Waals surface area contributed by atoms with Crippen molar-refractivity contribution >= 4 is 33.8 Å². The Morgan fingerprint density at radius 3 is 2.70 bits per heavy atom. The van der Waals surface area contributed by atoms with Crippen molar-refractivity contribution in [1.29, 1.82) is 0 Å². The number of thiophene rings is 1. The second kappa shape index (κ2) is 8.29. The average Bonchev–Trinajstić information content (AvgIpc) is 3.00. The average molecular weight is 352 g/mol. The summed E-state index contributed by atoms with van der Waals surface area (Å²) in [6.07, 6.45) is 0.727. The monoisotopic (exact) mass is 351 g/mol. The highest BCUT2D eigenvalue weighted by Gasteiger charge is 2.16. The van der Waals surface area contributed by atoms with Crippen molar-refractivity contribution in [2.75, 3.05) is 13.6 Å². The van der Waals surface area contributed by atoms with Crippen LogP contribution in [0.2, 0.25) is 0 Å². The molecular weight excluding hydrogens is 333 g/mol. The first-order valence-electron chi connectivity index (χ1n) is 7.31. The Kier molecular flexibility index (Phi) is 6.39. The van der Waals surface area contributed by atoms with Crippen LogP contribution in [0.25, 0.3) is 10.1 Å². The first kappa shape index (κ1) is 17.7. The normalized spacial score (nSPS) is 11.9. The van der Waals surface area contributed by atoms with Gasteiger partial charge in [-0.25, -0.2) is 4.39 Å². The quantitative estimate of drug-likeness (QED) is 0.659. The molecule has 2 aromatic carbocycles. The number of hydrogen-bond acceptors (Lipinski definition) is 3. The standard InChI is InChI=1S/C18H18FNOS.ClH/c1-20-9-7-16(13-5-3-2-4-6-13)21-17-12-15(19)11-14-8-10-22-18(14)17;/h2-6,8,10-12,16,20H,7,9H2,1H3;1H/t16-;/m0./s1. The molecule has 1 heterocycles. The van der Waals surface area contributed by atoms with Gasteiger partial charge in [0.15, 0.2) is 0 Å². The predicted octanol–water partition coefficient (Wildman–Crippen LogP) is 5.19. The molecule has 0 saturated carbocycles. The minimum atomic E-state index is -0.263. The van der Waals surface area contributed by atoms with Gasteiger partial charge in [-0.3, -0.25) is 0 Å². The number of hydrogen-bond donors (Lipinski definition) is 1. The van der Waals surface area contributed by atoms with Gasteiger partial charge in [0.2, 0.25) is 0 Å². The molecule has 0 aliphatic heterocycles. The van der Waals surface area contributed by atoms with Crippen molar-refractivity contribution in [3.63, 3.8) is 0 Å². The summed E-state index contributed by atoms with van der Waals surface area (Å²) in [6, 6.07) is 15.0. The number of fused-ring (bicyclic) bond motifs is 1. The Balaban J connectivity index is 0.00000192. The molecule has 122 valence electrons. The molecule has 2 nitrogen and oxygen atoms in total. The molecule has 0 bridgehead atoms. The number of benzene rings is 2. The highest BCUT2D eigenvalue weighted by Crippen LogP contribution is 2.35. The predicted molar refractivity (Wildman–Crippen MR) is 97.4 cm³/mol. The molecule has 0 unspecified atom stereocenters. The summed E-state index contributed by atoms with van der Waals surface area (Å²) >= 11 is 1.58. The highest BCUT2D eigenvalue weighted by molar-refractivity contribution is 7.17. The second-order valence-electron chi connectivity index (χ2n) is 5.15. The molecule has 0 spiro atoms. The van der Waals surface area contributed by atoms with Crippen molar-refractivity contribution in [3.8, 4) is 5.75 Å². The van der Waals surface area contributed by atoms with Crippen LogP contribution < -0.4 is 10.1 Å². The van der Waals surface area contributed by atoms with Crippen LogP contribution in [0.1, 0.15) is 18.1 Å². The third kappa shape index (κ3) is 4.22. The molecular formula is C18H19ClFNOS. The molecule has 3 aromatic rings. The lowest BCUT2D eigenvalue weighted by molar-refractivity contribution is 0.197. The Morgan fingerprint density at radius 2 is 1.96 bits per heavy atom. The van der Waals surface area contributed by atoms with Crippen LogP contribution in [-0.4, -0.2) is 13.6 Å².